The van der Waals surface area contributed by atoms with Crippen LogP contribution < -0.4 is 4.90 Å². The largest absolute Gasteiger partial charge is 0.508 e. The van der Waals surface area contributed by atoms with E-state index < -0.39 is 0 Å². The van der Waals surface area contributed by atoms with Crippen molar-refractivity contribution in [3.63, 3.8) is 0 Å². The summed E-state index contributed by atoms with van der Waals surface area (Å²) in [6, 6.07) is 5.86. The van der Waals surface area contributed by atoms with Crippen molar-refractivity contribution in [2.24, 2.45) is 0 Å². The van der Waals surface area contributed by atoms with Crippen LogP contribution in [0.25, 0.3) is 0 Å². The summed E-state index contributed by atoms with van der Waals surface area (Å²) in [7, 11) is 0. The number of aldehydes is 1. The first-order valence-corrected chi connectivity index (χ1v) is 5.25. The van der Waals surface area contributed by atoms with E-state index in [-0.39, 0.29) is 0 Å². The van der Waals surface area contributed by atoms with Crippen LogP contribution in [0.5, 0.6) is 5.75 Å². The summed E-state index contributed by atoms with van der Waals surface area (Å²) in [5.41, 5.74) is 1.97. The van der Waals surface area contributed by atoms with Crippen molar-refractivity contribution in [2.75, 3.05) is 11.4 Å². The summed E-state index contributed by atoms with van der Waals surface area (Å²) in [4.78, 5) is 12.7. The summed E-state index contributed by atoms with van der Waals surface area (Å²) in [5, 5.41) is 9.71. The van der Waals surface area contributed by atoms with Crippen LogP contribution in [-0.2, 0) is 11.2 Å². The third kappa shape index (κ3) is 1.69. The van der Waals surface area contributed by atoms with Crippen LogP contribution in [0.3, 0.4) is 0 Å². The van der Waals surface area contributed by atoms with Crippen molar-refractivity contribution >= 4 is 12.0 Å². The quantitative estimate of drug-likeness (QED) is 0.747. The van der Waals surface area contributed by atoms with E-state index in [1.807, 2.05) is 17.0 Å². The molecular weight excluding hydrogens is 190 g/mol. The van der Waals surface area contributed by atoms with E-state index in [4.69, 9.17) is 0 Å². The van der Waals surface area contributed by atoms with Crippen LogP contribution in [-0.4, -0.2) is 24.0 Å². The smallest absolute Gasteiger partial charge is 0.139 e. The van der Waals surface area contributed by atoms with Gasteiger partial charge in [0.2, 0.25) is 0 Å². The number of nitrogens with zero attached hydrogens (tertiary/aromatic N) is 1. The Kier molecular flexibility index (Phi) is 2.62. The number of phenolic OH excluding ortho intramolecular Hbond substituents is 1. The van der Waals surface area contributed by atoms with Crippen LogP contribution in [0, 0.1) is 0 Å². The zero-order valence-corrected chi connectivity index (χ0v) is 8.81. The van der Waals surface area contributed by atoms with Gasteiger partial charge in [0.15, 0.2) is 0 Å². The van der Waals surface area contributed by atoms with Crippen molar-refractivity contribution in [2.45, 2.75) is 25.8 Å². The van der Waals surface area contributed by atoms with E-state index in [0.717, 1.165) is 30.4 Å². The second kappa shape index (κ2) is 3.93. The summed E-state index contributed by atoms with van der Waals surface area (Å²) in [6.07, 6.45) is 2.78. The average molecular weight is 205 g/mol. The topological polar surface area (TPSA) is 40.5 Å². The monoisotopic (exact) mass is 205 g/mol. The molecule has 1 aliphatic heterocycles. The molecule has 1 heterocycles. The molecule has 3 nitrogen and oxygen atoms in total. The minimum absolute atomic E-state index is 0.343. The van der Waals surface area contributed by atoms with Gasteiger partial charge in [-0.1, -0.05) is 6.07 Å². The van der Waals surface area contributed by atoms with Crippen molar-refractivity contribution in [3.8, 4) is 5.75 Å². The van der Waals surface area contributed by atoms with Crippen molar-refractivity contribution in [1.29, 1.82) is 0 Å². The standard InChI is InChI=1S/C12H15NO2/c1-9-5-6-10-11(13(9)7-8-14)3-2-4-12(10)15/h2-4,8-9,15H,5-7H2,1H3/t9-/m0/s1. The molecule has 3 heteroatoms. The Hall–Kier alpha value is -1.51. The third-order valence-corrected chi connectivity index (χ3v) is 3.05. The van der Waals surface area contributed by atoms with Gasteiger partial charge in [-0.05, 0) is 31.9 Å². The highest BCUT2D eigenvalue weighted by atomic mass is 16.3. The Labute approximate surface area is 89.3 Å². The zero-order valence-electron chi connectivity index (χ0n) is 8.81. The predicted molar refractivity (Wildman–Crippen MR) is 59.3 cm³/mol. The lowest BCUT2D eigenvalue weighted by atomic mass is 9.96. The van der Waals surface area contributed by atoms with Crippen molar-refractivity contribution in [1.82, 2.24) is 0 Å². The first-order valence-electron chi connectivity index (χ1n) is 5.25. The second-order valence-corrected chi connectivity index (χ2v) is 3.98. The van der Waals surface area contributed by atoms with E-state index >= 15 is 0 Å². The van der Waals surface area contributed by atoms with E-state index in [1.165, 1.54) is 0 Å². The van der Waals surface area contributed by atoms with Gasteiger partial charge in [0, 0.05) is 17.3 Å². The highest BCUT2D eigenvalue weighted by Crippen LogP contribution is 2.35. The molecule has 0 fully saturated rings. The van der Waals surface area contributed by atoms with Gasteiger partial charge in [-0.25, -0.2) is 0 Å². The fraction of sp³-hybridized carbons (Fsp3) is 0.417. The van der Waals surface area contributed by atoms with Gasteiger partial charge in [0.05, 0.1) is 6.54 Å². The SMILES string of the molecule is C[C@H]1CCc2c(O)cccc2N1CC=O. The fourth-order valence-electron chi connectivity index (χ4n) is 2.19. The van der Waals surface area contributed by atoms with Crippen LogP contribution >= 0.6 is 0 Å². The number of phenols is 1. The molecule has 2 rings (SSSR count). The maximum absolute atomic E-state index is 10.6. The fourth-order valence-corrected chi connectivity index (χ4v) is 2.19. The van der Waals surface area contributed by atoms with E-state index in [9.17, 15) is 9.90 Å². The highest BCUT2D eigenvalue weighted by molar-refractivity contribution is 5.67. The predicted octanol–water partition coefficient (Wildman–Crippen LogP) is 1.73. The van der Waals surface area contributed by atoms with Crippen LogP contribution in [0.2, 0.25) is 0 Å². The molecule has 0 saturated heterocycles. The van der Waals surface area contributed by atoms with Gasteiger partial charge in [-0.2, -0.15) is 0 Å². The van der Waals surface area contributed by atoms with Crippen LogP contribution in [0.15, 0.2) is 18.2 Å². The van der Waals surface area contributed by atoms with Gasteiger partial charge < -0.3 is 14.8 Å². The number of carbonyl (C=O) groups is 1. The minimum atomic E-state index is 0.343. The molecular formula is C12H15NO2. The average Bonchev–Trinajstić information content (AvgIpc) is 2.23. The number of anilines is 1. The molecule has 0 saturated carbocycles. The van der Waals surface area contributed by atoms with Gasteiger partial charge >= 0.3 is 0 Å². The lowest BCUT2D eigenvalue weighted by molar-refractivity contribution is -0.106. The molecule has 1 aliphatic rings. The van der Waals surface area contributed by atoms with Gasteiger partial charge in [0.25, 0.3) is 0 Å². The number of rotatable bonds is 2. The second-order valence-electron chi connectivity index (χ2n) is 3.98. The molecule has 0 aromatic heterocycles. The number of hydrogen-bond acceptors (Lipinski definition) is 3. The highest BCUT2D eigenvalue weighted by Gasteiger charge is 2.24. The number of carbonyl (C=O) groups excluding carboxylic acids is 1. The molecule has 1 aromatic carbocycles. The molecule has 0 radical (unpaired) electrons. The molecule has 1 aromatic rings. The van der Waals surface area contributed by atoms with Gasteiger partial charge in [-0.15, -0.1) is 0 Å². The molecule has 15 heavy (non-hydrogen) atoms. The molecule has 0 amide bonds. The maximum Gasteiger partial charge on any atom is 0.139 e. The Balaban J connectivity index is 2.43. The molecule has 0 bridgehead atoms. The number of benzene rings is 1. The summed E-state index contributed by atoms with van der Waals surface area (Å²) in [6.45, 7) is 2.51. The number of fused-ring (bicyclic) bond motifs is 1. The van der Waals surface area contributed by atoms with Gasteiger partial charge in [-0.3, -0.25) is 0 Å². The Morgan fingerprint density at radius 1 is 1.60 bits per heavy atom. The first-order chi connectivity index (χ1) is 7.24. The molecule has 1 atom stereocenters. The maximum atomic E-state index is 10.6. The van der Waals surface area contributed by atoms with Crippen LogP contribution in [0.4, 0.5) is 5.69 Å². The normalized spacial score (nSPS) is 19.8. The molecule has 80 valence electrons. The Bertz CT molecular complexity index is 376. The van der Waals surface area contributed by atoms with E-state index in [1.54, 1.807) is 6.07 Å². The molecule has 0 spiro atoms. The summed E-state index contributed by atoms with van der Waals surface area (Å²) >= 11 is 0. The van der Waals surface area contributed by atoms with Crippen LogP contribution in [0.1, 0.15) is 18.9 Å². The third-order valence-electron chi connectivity index (χ3n) is 3.05. The minimum Gasteiger partial charge on any atom is -0.508 e. The summed E-state index contributed by atoms with van der Waals surface area (Å²) in [5.74, 6) is 0.343. The molecule has 1 N–H and O–H groups in total. The lowest BCUT2D eigenvalue weighted by Gasteiger charge is -2.35. The Morgan fingerprint density at radius 2 is 2.40 bits per heavy atom. The van der Waals surface area contributed by atoms with Crippen molar-refractivity contribution in [3.05, 3.63) is 23.8 Å². The zero-order chi connectivity index (χ0) is 10.8. The first kappa shape index (κ1) is 10.0. The number of aromatic hydroxyl groups is 1. The molecule has 0 aliphatic carbocycles. The summed E-state index contributed by atoms with van der Waals surface area (Å²) < 4.78 is 0. The van der Waals surface area contributed by atoms with E-state index in [0.29, 0.717) is 18.3 Å². The lowest BCUT2D eigenvalue weighted by Crippen LogP contribution is -2.38. The Morgan fingerprint density at radius 3 is 3.13 bits per heavy atom. The van der Waals surface area contributed by atoms with Gasteiger partial charge in [0.1, 0.15) is 12.0 Å². The number of hydrogen-bond donors (Lipinski definition) is 1. The van der Waals surface area contributed by atoms with E-state index in [2.05, 4.69) is 6.92 Å². The molecule has 0 unspecified atom stereocenters. The van der Waals surface area contributed by atoms with Crippen molar-refractivity contribution < 1.29 is 9.90 Å².